The molecule has 0 atom stereocenters. The molecule has 0 unspecified atom stereocenters. The summed E-state index contributed by atoms with van der Waals surface area (Å²) in [6.45, 7) is 2.44. The lowest BCUT2D eigenvalue weighted by atomic mass is 10.0. The Bertz CT molecular complexity index is 988. The first-order valence-electron chi connectivity index (χ1n) is 8.95. The van der Waals surface area contributed by atoms with E-state index in [4.69, 9.17) is 9.47 Å². The fourth-order valence-electron chi connectivity index (χ4n) is 3.35. The van der Waals surface area contributed by atoms with E-state index in [9.17, 15) is 13.2 Å². The van der Waals surface area contributed by atoms with Crippen LogP contribution < -0.4 is 14.4 Å². The minimum atomic E-state index is -3.73. The van der Waals surface area contributed by atoms with Gasteiger partial charge in [-0.05, 0) is 67.3 Å². The van der Waals surface area contributed by atoms with E-state index in [2.05, 4.69) is 4.72 Å². The zero-order valence-corrected chi connectivity index (χ0v) is 17.0. The van der Waals surface area contributed by atoms with Gasteiger partial charge in [0.15, 0.2) is 0 Å². The standard InChI is InChI=1S/C20H24N2O5S/c1-14-11-17(7-9-19(14)27-3)28(24,25)21-16-6-8-18-15(12-16)5-4-10-22(18)20(23)13-26-2/h6-9,11-12,21H,4-5,10,13H2,1-3H3. The molecule has 0 saturated heterocycles. The van der Waals surface area contributed by atoms with Crippen molar-refractivity contribution < 1.29 is 22.7 Å². The van der Waals surface area contributed by atoms with E-state index >= 15 is 0 Å². The molecule has 0 bridgehead atoms. The lowest BCUT2D eigenvalue weighted by molar-refractivity contribution is -0.122. The Balaban J connectivity index is 1.85. The number of nitrogens with zero attached hydrogens (tertiary/aromatic N) is 1. The highest BCUT2D eigenvalue weighted by molar-refractivity contribution is 7.92. The quantitative estimate of drug-likeness (QED) is 0.800. The Kier molecular flexibility index (Phi) is 5.90. The second kappa shape index (κ2) is 8.20. The van der Waals surface area contributed by atoms with Gasteiger partial charge in [-0.1, -0.05) is 0 Å². The van der Waals surface area contributed by atoms with E-state index in [0.29, 0.717) is 18.0 Å². The smallest absolute Gasteiger partial charge is 0.261 e. The number of methoxy groups -OCH3 is 2. The first-order chi connectivity index (χ1) is 13.4. The molecule has 7 nitrogen and oxygen atoms in total. The maximum Gasteiger partial charge on any atom is 0.261 e. The molecule has 1 N–H and O–H groups in total. The molecule has 0 spiro atoms. The Labute approximate surface area is 165 Å². The third kappa shape index (κ3) is 4.13. The number of rotatable bonds is 6. The fraction of sp³-hybridized carbons (Fsp3) is 0.350. The second-order valence-electron chi connectivity index (χ2n) is 6.66. The van der Waals surface area contributed by atoms with Crippen molar-refractivity contribution in [3.8, 4) is 5.75 Å². The lowest BCUT2D eigenvalue weighted by Gasteiger charge is -2.29. The summed E-state index contributed by atoms with van der Waals surface area (Å²) in [5.74, 6) is 0.527. The van der Waals surface area contributed by atoms with Crippen molar-refractivity contribution in [1.29, 1.82) is 0 Å². The molecule has 0 saturated carbocycles. The highest BCUT2D eigenvalue weighted by Gasteiger charge is 2.23. The monoisotopic (exact) mass is 404 g/mol. The van der Waals surface area contributed by atoms with E-state index in [1.165, 1.54) is 13.2 Å². The summed E-state index contributed by atoms with van der Waals surface area (Å²) in [4.78, 5) is 14.1. The van der Waals surface area contributed by atoms with Crippen molar-refractivity contribution in [2.75, 3.05) is 37.0 Å². The average Bonchev–Trinajstić information content (AvgIpc) is 2.67. The number of hydrogen-bond acceptors (Lipinski definition) is 5. The predicted octanol–water partition coefficient (Wildman–Crippen LogP) is 2.73. The normalized spacial score (nSPS) is 13.8. The van der Waals surface area contributed by atoms with Gasteiger partial charge in [0, 0.05) is 25.0 Å². The summed E-state index contributed by atoms with van der Waals surface area (Å²) in [6.07, 6.45) is 1.60. The number of ether oxygens (including phenoxy) is 2. The van der Waals surface area contributed by atoms with Crippen molar-refractivity contribution in [2.24, 2.45) is 0 Å². The van der Waals surface area contributed by atoms with Crippen LogP contribution in [-0.4, -0.2) is 41.7 Å². The Morgan fingerprint density at radius 2 is 1.96 bits per heavy atom. The molecule has 1 aliphatic rings. The van der Waals surface area contributed by atoms with Crippen molar-refractivity contribution in [3.05, 3.63) is 47.5 Å². The second-order valence-corrected chi connectivity index (χ2v) is 8.34. The van der Waals surface area contributed by atoms with Gasteiger partial charge in [0.2, 0.25) is 0 Å². The molecule has 2 aromatic carbocycles. The summed E-state index contributed by atoms with van der Waals surface area (Å²) in [6, 6.07) is 9.96. The summed E-state index contributed by atoms with van der Waals surface area (Å²) in [5, 5.41) is 0. The summed E-state index contributed by atoms with van der Waals surface area (Å²) < 4.78 is 38.2. The van der Waals surface area contributed by atoms with Crippen molar-refractivity contribution in [3.63, 3.8) is 0 Å². The molecule has 2 aromatic rings. The van der Waals surface area contributed by atoms with Crippen LogP contribution in [-0.2, 0) is 26.0 Å². The molecule has 3 rings (SSSR count). The minimum Gasteiger partial charge on any atom is -0.496 e. The van der Waals surface area contributed by atoms with Crippen LogP contribution in [0.5, 0.6) is 5.75 Å². The number of carbonyl (C=O) groups is 1. The molecular weight excluding hydrogens is 380 g/mol. The zero-order valence-electron chi connectivity index (χ0n) is 16.2. The van der Waals surface area contributed by atoms with Crippen LogP contribution in [0.1, 0.15) is 17.5 Å². The molecule has 150 valence electrons. The number of hydrogen-bond donors (Lipinski definition) is 1. The van der Waals surface area contributed by atoms with Gasteiger partial charge in [-0.3, -0.25) is 9.52 Å². The van der Waals surface area contributed by atoms with Gasteiger partial charge in [-0.15, -0.1) is 0 Å². The van der Waals surface area contributed by atoms with Crippen LogP contribution in [0.2, 0.25) is 0 Å². The topological polar surface area (TPSA) is 84.9 Å². The number of benzene rings is 2. The van der Waals surface area contributed by atoms with Crippen molar-refractivity contribution in [2.45, 2.75) is 24.7 Å². The number of sulfonamides is 1. The molecule has 0 radical (unpaired) electrons. The molecule has 8 heteroatoms. The van der Waals surface area contributed by atoms with Crippen molar-refractivity contribution >= 4 is 27.3 Å². The molecular formula is C20H24N2O5S. The maximum absolute atomic E-state index is 12.7. The Hall–Kier alpha value is -2.58. The SMILES string of the molecule is COCC(=O)N1CCCc2cc(NS(=O)(=O)c3ccc(OC)c(C)c3)ccc21. The Morgan fingerprint density at radius 1 is 1.18 bits per heavy atom. The first-order valence-corrected chi connectivity index (χ1v) is 10.4. The van der Waals surface area contributed by atoms with Crippen LogP contribution >= 0.6 is 0 Å². The average molecular weight is 404 g/mol. The third-order valence-corrected chi connectivity index (χ3v) is 6.07. The molecule has 0 aromatic heterocycles. The lowest BCUT2D eigenvalue weighted by Crippen LogP contribution is -2.37. The highest BCUT2D eigenvalue weighted by atomic mass is 32.2. The third-order valence-electron chi connectivity index (χ3n) is 4.70. The van der Waals surface area contributed by atoms with Crippen LogP contribution in [0, 0.1) is 6.92 Å². The molecule has 1 heterocycles. The number of aryl methyl sites for hydroxylation is 2. The van der Waals surface area contributed by atoms with E-state index in [-0.39, 0.29) is 17.4 Å². The van der Waals surface area contributed by atoms with Crippen LogP contribution in [0.25, 0.3) is 0 Å². The van der Waals surface area contributed by atoms with Gasteiger partial charge >= 0.3 is 0 Å². The number of nitrogens with one attached hydrogen (secondary N) is 1. The highest BCUT2D eigenvalue weighted by Crippen LogP contribution is 2.31. The largest absolute Gasteiger partial charge is 0.496 e. The van der Waals surface area contributed by atoms with Gasteiger partial charge in [0.1, 0.15) is 12.4 Å². The zero-order chi connectivity index (χ0) is 20.3. The van der Waals surface area contributed by atoms with Gasteiger partial charge in [0.25, 0.3) is 15.9 Å². The molecule has 0 aliphatic carbocycles. The number of anilines is 2. The van der Waals surface area contributed by atoms with E-state index in [1.54, 1.807) is 49.3 Å². The van der Waals surface area contributed by atoms with Crippen LogP contribution in [0.4, 0.5) is 11.4 Å². The predicted molar refractivity (Wildman–Crippen MR) is 108 cm³/mol. The van der Waals surface area contributed by atoms with Gasteiger partial charge < -0.3 is 14.4 Å². The number of fused-ring (bicyclic) bond motifs is 1. The maximum atomic E-state index is 12.7. The van der Waals surface area contributed by atoms with E-state index in [0.717, 1.165) is 29.7 Å². The summed E-state index contributed by atoms with van der Waals surface area (Å²) in [5.41, 5.74) is 2.94. The van der Waals surface area contributed by atoms with Crippen LogP contribution in [0.3, 0.4) is 0 Å². The van der Waals surface area contributed by atoms with Gasteiger partial charge in [-0.2, -0.15) is 0 Å². The Morgan fingerprint density at radius 3 is 2.64 bits per heavy atom. The number of carbonyl (C=O) groups excluding carboxylic acids is 1. The minimum absolute atomic E-state index is 0.0185. The first kappa shape index (κ1) is 20.2. The summed E-state index contributed by atoms with van der Waals surface area (Å²) in [7, 11) is -0.700. The molecule has 28 heavy (non-hydrogen) atoms. The molecule has 0 fully saturated rings. The number of amides is 1. The molecule has 1 aliphatic heterocycles. The van der Waals surface area contributed by atoms with E-state index in [1.807, 2.05) is 0 Å². The fourth-order valence-corrected chi connectivity index (χ4v) is 4.49. The van der Waals surface area contributed by atoms with Crippen molar-refractivity contribution in [1.82, 2.24) is 0 Å². The van der Waals surface area contributed by atoms with E-state index < -0.39 is 10.0 Å². The van der Waals surface area contributed by atoms with Crippen LogP contribution in [0.15, 0.2) is 41.3 Å². The van der Waals surface area contributed by atoms with Gasteiger partial charge in [-0.25, -0.2) is 8.42 Å². The van der Waals surface area contributed by atoms with Gasteiger partial charge in [0.05, 0.1) is 12.0 Å². The summed E-state index contributed by atoms with van der Waals surface area (Å²) >= 11 is 0. The molecule has 1 amide bonds.